The zero-order valence-electron chi connectivity index (χ0n) is 7.94. The van der Waals surface area contributed by atoms with Crippen molar-refractivity contribution < 1.29 is 4.79 Å². The third kappa shape index (κ3) is 3.76. The van der Waals surface area contributed by atoms with E-state index in [1.807, 2.05) is 0 Å². The predicted molar refractivity (Wildman–Crippen MR) is 53.3 cm³/mol. The summed E-state index contributed by atoms with van der Waals surface area (Å²) >= 11 is 0. The molecule has 14 heavy (non-hydrogen) atoms. The number of carbonyl (C=O) groups is 1. The fourth-order valence-corrected chi connectivity index (χ4v) is 1.02. The minimum atomic E-state index is -0.0364. The number of nitrogens with zero attached hydrogens (tertiary/aromatic N) is 2. The summed E-state index contributed by atoms with van der Waals surface area (Å²) in [5, 5.41) is 6.68. The molecule has 0 unspecified atom stereocenters. The topological polar surface area (TPSA) is 46.9 Å². The summed E-state index contributed by atoms with van der Waals surface area (Å²) in [6, 6.07) is 1.78. The fraction of sp³-hybridized carbons (Fsp3) is 0.400. The van der Waals surface area contributed by atoms with Gasteiger partial charge in [-0.15, -0.1) is 12.3 Å². The first kappa shape index (κ1) is 10.3. The standard InChI is InChI=1S/C10H13N3O/c1-2-3-4-6-11-10(14)9-13-8-5-7-12-13/h1,5,7-8H,3-4,6,9H2,(H,11,14). The Morgan fingerprint density at radius 3 is 3.14 bits per heavy atom. The number of nitrogens with one attached hydrogen (secondary N) is 1. The summed E-state index contributed by atoms with van der Waals surface area (Å²) in [7, 11) is 0. The molecule has 1 aromatic rings. The lowest BCUT2D eigenvalue weighted by molar-refractivity contribution is -0.121. The molecular weight excluding hydrogens is 178 g/mol. The summed E-state index contributed by atoms with van der Waals surface area (Å²) in [6.07, 6.45) is 9.99. The van der Waals surface area contributed by atoms with Crippen LogP contribution in [0.25, 0.3) is 0 Å². The Bertz CT molecular complexity index is 311. The monoisotopic (exact) mass is 191 g/mol. The molecule has 1 amide bonds. The van der Waals surface area contributed by atoms with Crippen LogP contribution in [0.2, 0.25) is 0 Å². The van der Waals surface area contributed by atoms with Gasteiger partial charge in [-0.1, -0.05) is 0 Å². The van der Waals surface area contributed by atoms with Crippen LogP contribution in [0.5, 0.6) is 0 Å². The van der Waals surface area contributed by atoms with Gasteiger partial charge in [0.05, 0.1) is 0 Å². The molecule has 0 aliphatic carbocycles. The van der Waals surface area contributed by atoms with E-state index in [4.69, 9.17) is 6.42 Å². The van der Waals surface area contributed by atoms with Crippen LogP contribution in [0.3, 0.4) is 0 Å². The minimum Gasteiger partial charge on any atom is -0.354 e. The maximum atomic E-state index is 11.2. The van der Waals surface area contributed by atoms with Crippen molar-refractivity contribution in [2.45, 2.75) is 19.4 Å². The van der Waals surface area contributed by atoms with Gasteiger partial charge in [0.1, 0.15) is 6.54 Å². The lowest BCUT2D eigenvalue weighted by Crippen LogP contribution is -2.28. The SMILES string of the molecule is C#CCCCNC(=O)Cn1cccn1. The molecule has 0 radical (unpaired) electrons. The van der Waals surface area contributed by atoms with Crippen LogP contribution in [0.15, 0.2) is 18.5 Å². The molecule has 0 aliphatic rings. The molecule has 74 valence electrons. The molecule has 1 heterocycles. The van der Waals surface area contributed by atoms with Gasteiger partial charge in [0.25, 0.3) is 0 Å². The third-order valence-electron chi connectivity index (χ3n) is 1.68. The first-order valence-electron chi connectivity index (χ1n) is 4.50. The highest BCUT2D eigenvalue weighted by molar-refractivity contribution is 5.75. The Kier molecular flexibility index (Phi) is 4.29. The number of terminal acetylenes is 1. The number of unbranched alkanes of at least 4 members (excludes halogenated alkanes) is 1. The van der Waals surface area contributed by atoms with E-state index in [9.17, 15) is 4.79 Å². The van der Waals surface area contributed by atoms with Crippen LogP contribution in [0, 0.1) is 12.3 Å². The molecule has 1 rings (SSSR count). The zero-order chi connectivity index (χ0) is 10.2. The number of amides is 1. The van der Waals surface area contributed by atoms with Gasteiger partial charge in [-0.05, 0) is 12.5 Å². The highest BCUT2D eigenvalue weighted by atomic mass is 16.2. The molecule has 0 saturated carbocycles. The molecule has 1 N–H and O–H groups in total. The summed E-state index contributed by atoms with van der Waals surface area (Å²) in [5.74, 6) is 2.48. The lowest BCUT2D eigenvalue weighted by atomic mass is 10.3. The molecule has 0 spiro atoms. The Morgan fingerprint density at radius 1 is 1.64 bits per heavy atom. The minimum absolute atomic E-state index is 0.0364. The second-order valence-corrected chi connectivity index (χ2v) is 2.86. The Labute approximate surface area is 83.3 Å². The van der Waals surface area contributed by atoms with E-state index in [1.54, 1.807) is 23.1 Å². The zero-order valence-corrected chi connectivity index (χ0v) is 7.94. The van der Waals surface area contributed by atoms with E-state index >= 15 is 0 Å². The van der Waals surface area contributed by atoms with Gasteiger partial charge in [0.15, 0.2) is 0 Å². The molecule has 0 bridgehead atoms. The van der Waals surface area contributed by atoms with Crippen LogP contribution < -0.4 is 5.32 Å². The van der Waals surface area contributed by atoms with Crippen LogP contribution >= 0.6 is 0 Å². The normalized spacial score (nSPS) is 9.36. The van der Waals surface area contributed by atoms with Crippen molar-refractivity contribution in [3.05, 3.63) is 18.5 Å². The van der Waals surface area contributed by atoms with Crippen LogP contribution in [-0.2, 0) is 11.3 Å². The van der Waals surface area contributed by atoms with Crippen LogP contribution in [0.1, 0.15) is 12.8 Å². The smallest absolute Gasteiger partial charge is 0.241 e. The summed E-state index contributed by atoms with van der Waals surface area (Å²) < 4.78 is 1.58. The molecule has 4 heteroatoms. The molecule has 0 saturated heterocycles. The van der Waals surface area contributed by atoms with Gasteiger partial charge >= 0.3 is 0 Å². The van der Waals surface area contributed by atoms with Gasteiger partial charge < -0.3 is 5.32 Å². The van der Waals surface area contributed by atoms with E-state index in [2.05, 4.69) is 16.3 Å². The maximum absolute atomic E-state index is 11.2. The Hall–Kier alpha value is -1.76. The summed E-state index contributed by atoms with van der Waals surface area (Å²) in [4.78, 5) is 11.2. The fourth-order valence-electron chi connectivity index (χ4n) is 1.02. The van der Waals surface area contributed by atoms with Crippen molar-refractivity contribution in [2.24, 2.45) is 0 Å². The maximum Gasteiger partial charge on any atom is 0.241 e. The van der Waals surface area contributed by atoms with Gasteiger partial charge in [-0.2, -0.15) is 5.10 Å². The number of hydrogen-bond donors (Lipinski definition) is 1. The van der Waals surface area contributed by atoms with Crippen molar-refractivity contribution >= 4 is 5.91 Å². The van der Waals surface area contributed by atoms with Crippen molar-refractivity contribution in [3.63, 3.8) is 0 Å². The van der Waals surface area contributed by atoms with Crippen molar-refractivity contribution in [2.75, 3.05) is 6.54 Å². The summed E-state index contributed by atoms with van der Waals surface area (Å²) in [5.41, 5.74) is 0. The number of hydrogen-bond acceptors (Lipinski definition) is 2. The van der Waals surface area contributed by atoms with Crippen LogP contribution in [0.4, 0.5) is 0 Å². The van der Waals surface area contributed by atoms with Crippen molar-refractivity contribution in [3.8, 4) is 12.3 Å². The summed E-state index contributed by atoms with van der Waals surface area (Å²) in [6.45, 7) is 0.896. The number of carbonyl (C=O) groups excluding carboxylic acids is 1. The highest BCUT2D eigenvalue weighted by Gasteiger charge is 2.00. The first-order chi connectivity index (χ1) is 6.83. The predicted octanol–water partition coefficient (Wildman–Crippen LogP) is 0.413. The van der Waals surface area contributed by atoms with E-state index in [-0.39, 0.29) is 12.5 Å². The molecule has 4 nitrogen and oxygen atoms in total. The molecule has 0 aromatic carbocycles. The molecule has 1 aromatic heterocycles. The molecule has 0 atom stereocenters. The lowest BCUT2D eigenvalue weighted by Gasteiger charge is -2.03. The van der Waals surface area contributed by atoms with E-state index in [0.29, 0.717) is 13.0 Å². The molecular formula is C10H13N3O. The van der Waals surface area contributed by atoms with E-state index < -0.39 is 0 Å². The second kappa shape index (κ2) is 5.81. The number of rotatable bonds is 5. The molecule has 0 fully saturated rings. The highest BCUT2D eigenvalue weighted by Crippen LogP contribution is 1.86. The van der Waals surface area contributed by atoms with Gasteiger partial charge in [0.2, 0.25) is 5.91 Å². The molecule has 0 aliphatic heterocycles. The average Bonchev–Trinajstić information content (AvgIpc) is 2.65. The Balaban J connectivity index is 2.14. The van der Waals surface area contributed by atoms with Crippen molar-refractivity contribution in [1.82, 2.24) is 15.1 Å². The van der Waals surface area contributed by atoms with Gasteiger partial charge in [-0.3, -0.25) is 9.48 Å². The largest absolute Gasteiger partial charge is 0.354 e. The van der Waals surface area contributed by atoms with Gasteiger partial charge in [0, 0.05) is 25.4 Å². The van der Waals surface area contributed by atoms with Crippen LogP contribution in [-0.4, -0.2) is 22.2 Å². The second-order valence-electron chi connectivity index (χ2n) is 2.86. The van der Waals surface area contributed by atoms with Crippen molar-refractivity contribution in [1.29, 1.82) is 0 Å². The quantitative estimate of drug-likeness (QED) is 0.541. The first-order valence-corrected chi connectivity index (χ1v) is 4.50. The van der Waals surface area contributed by atoms with Gasteiger partial charge in [-0.25, -0.2) is 0 Å². The third-order valence-corrected chi connectivity index (χ3v) is 1.68. The average molecular weight is 191 g/mol. The van der Waals surface area contributed by atoms with E-state index in [1.165, 1.54) is 0 Å². The Morgan fingerprint density at radius 2 is 2.50 bits per heavy atom. The number of aromatic nitrogens is 2. The van der Waals surface area contributed by atoms with E-state index in [0.717, 1.165) is 6.42 Å².